The highest BCUT2D eigenvalue weighted by Crippen LogP contribution is 2.16. The molecule has 1 N–H and O–H groups in total. The molecule has 2 nitrogen and oxygen atoms in total. The number of carbonyl (C=O) groups is 1. The minimum absolute atomic E-state index is 0.0368. The molecular formula is C15H16BrNO. The Hall–Kier alpha value is -1.35. The van der Waals surface area contributed by atoms with Crippen LogP contribution in [0.25, 0.3) is 10.8 Å². The fraction of sp³-hybridized carbons (Fsp3) is 0.267. The zero-order valence-corrected chi connectivity index (χ0v) is 12.1. The highest BCUT2D eigenvalue weighted by molar-refractivity contribution is 9.09. The van der Waals surface area contributed by atoms with Gasteiger partial charge in [0.1, 0.15) is 0 Å². The molecule has 0 atom stereocenters. The van der Waals surface area contributed by atoms with Crippen molar-refractivity contribution >= 4 is 32.6 Å². The SMILES string of the molecule is CC(C)(CBr)NC(=O)c1ccc2ccccc2c1. The van der Waals surface area contributed by atoms with E-state index < -0.39 is 0 Å². The molecule has 0 aliphatic heterocycles. The fourth-order valence-corrected chi connectivity index (χ4v) is 1.88. The van der Waals surface area contributed by atoms with Crippen LogP contribution >= 0.6 is 15.9 Å². The maximum absolute atomic E-state index is 12.1. The Morgan fingerprint density at radius 3 is 2.50 bits per heavy atom. The lowest BCUT2D eigenvalue weighted by Crippen LogP contribution is -2.44. The van der Waals surface area contributed by atoms with Gasteiger partial charge < -0.3 is 5.32 Å². The molecule has 0 aliphatic carbocycles. The molecule has 0 fully saturated rings. The number of fused-ring (bicyclic) bond motifs is 1. The maximum Gasteiger partial charge on any atom is 0.251 e. The number of rotatable bonds is 3. The first kappa shape index (κ1) is 13.1. The summed E-state index contributed by atoms with van der Waals surface area (Å²) in [5.74, 6) is -0.0368. The summed E-state index contributed by atoms with van der Waals surface area (Å²) >= 11 is 3.40. The maximum atomic E-state index is 12.1. The lowest BCUT2D eigenvalue weighted by molar-refractivity contribution is 0.0921. The van der Waals surface area contributed by atoms with Crippen LogP contribution in [0, 0.1) is 0 Å². The van der Waals surface area contributed by atoms with Crippen LogP contribution < -0.4 is 5.32 Å². The van der Waals surface area contributed by atoms with Gasteiger partial charge in [-0.25, -0.2) is 0 Å². The zero-order valence-electron chi connectivity index (χ0n) is 10.5. The standard InChI is InChI=1S/C15H16BrNO/c1-15(2,10-16)17-14(18)13-8-7-11-5-3-4-6-12(11)9-13/h3-9H,10H2,1-2H3,(H,17,18). The molecule has 2 aromatic carbocycles. The minimum atomic E-state index is -0.247. The smallest absolute Gasteiger partial charge is 0.251 e. The van der Waals surface area contributed by atoms with Crippen molar-refractivity contribution in [2.45, 2.75) is 19.4 Å². The Morgan fingerprint density at radius 2 is 1.83 bits per heavy atom. The van der Waals surface area contributed by atoms with E-state index in [9.17, 15) is 4.79 Å². The average molecular weight is 306 g/mol. The lowest BCUT2D eigenvalue weighted by atomic mass is 10.0. The number of halogens is 1. The summed E-state index contributed by atoms with van der Waals surface area (Å²) in [5.41, 5.74) is 0.450. The number of amides is 1. The lowest BCUT2D eigenvalue weighted by Gasteiger charge is -2.23. The Labute approximate surface area is 116 Å². The van der Waals surface area contributed by atoms with Gasteiger partial charge in [-0.05, 0) is 36.8 Å². The van der Waals surface area contributed by atoms with E-state index in [0.717, 1.165) is 16.1 Å². The van der Waals surface area contributed by atoms with E-state index >= 15 is 0 Å². The first-order valence-corrected chi connectivity index (χ1v) is 7.01. The first-order chi connectivity index (χ1) is 8.52. The van der Waals surface area contributed by atoms with Crippen LogP contribution in [0.3, 0.4) is 0 Å². The monoisotopic (exact) mass is 305 g/mol. The van der Waals surface area contributed by atoms with Crippen LogP contribution in [0.2, 0.25) is 0 Å². The Morgan fingerprint density at radius 1 is 1.17 bits per heavy atom. The molecule has 0 saturated carbocycles. The van der Waals surface area contributed by atoms with E-state index in [1.165, 1.54) is 0 Å². The predicted octanol–water partition coefficient (Wildman–Crippen LogP) is 3.74. The molecule has 0 aromatic heterocycles. The molecule has 0 bridgehead atoms. The number of benzene rings is 2. The van der Waals surface area contributed by atoms with Gasteiger partial charge in [-0.3, -0.25) is 4.79 Å². The highest BCUT2D eigenvalue weighted by Gasteiger charge is 2.19. The van der Waals surface area contributed by atoms with Gasteiger partial charge in [-0.15, -0.1) is 0 Å². The largest absolute Gasteiger partial charge is 0.346 e. The molecule has 0 aliphatic rings. The topological polar surface area (TPSA) is 29.1 Å². The van der Waals surface area contributed by atoms with Crippen molar-refractivity contribution in [2.75, 3.05) is 5.33 Å². The zero-order chi connectivity index (χ0) is 13.2. The van der Waals surface area contributed by atoms with Crippen LogP contribution in [0.5, 0.6) is 0 Å². The summed E-state index contributed by atoms with van der Waals surface area (Å²) in [6.07, 6.45) is 0. The number of nitrogens with one attached hydrogen (secondary N) is 1. The molecule has 0 heterocycles. The summed E-state index contributed by atoms with van der Waals surface area (Å²) in [4.78, 5) is 12.1. The molecule has 2 rings (SSSR count). The fourth-order valence-electron chi connectivity index (χ4n) is 1.74. The quantitative estimate of drug-likeness (QED) is 0.860. The normalized spacial score (nSPS) is 11.5. The Kier molecular flexibility index (Phi) is 3.71. The van der Waals surface area contributed by atoms with Gasteiger partial charge in [-0.2, -0.15) is 0 Å². The summed E-state index contributed by atoms with van der Waals surface area (Å²) in [6, 6.07) is 13.8. The number of alkyl halides is 1. The summed E-state index contributed by atoms with van der Waals surface area (Å²) < 4.78 is 0. The highest BCUT2D eigenvalue weighted by atomic mass is 79.9. The van der Waals surface area contributed by atoms with Crippen LogP contribution in [0.1, 0.15) is 24.2 Å². The van der Waals surface area contributed by atoms with Gasteiger partial charge in [0, 0.05) is 16.4 Å². The van der Waals surface area contributed by atoms with Gasteiger partial charge in [0.15, 0.2) is 0 Å². The Bertz CT molecular complexity index is 577. The van der Waals surface area contributed by atoms with Crippen molar-refractivity contribution in [2.24, 2.45) is 0 Å². The molecule has 0 radical (unpaired) electrons. The van der Waals surface area contributed by atoms with E-state index in [2.05, 4.69) is 21.2 Å². The predicted molar refractivity (Wildman–Crippen MR) is 79.3 cm³/mol. The summed E-state index contributed by atoms with van der Waals surface area (Å²) in [6.45, 7) is 3.97. The van der Waals surface area contributed by atoms with Crippen molar-refractivity contribution in [3.05, 3.63) is 48.0 Å². The number of carbonyl (C=O) groups excluding carboxylic acids is 1. The van der Waals surface area contributed by atoms with Crippen molar-refractivity contribution in [3.63, 3.8) is 0 Å². The van der Waals surface area contributed by atoms with Crippen LogP contribution in [0.15, 0.2) is 42.5 Å². The molecule has 0 unspecified atom stereocenters. The van der Waals surface area contributed by atoms with Gasteiger partial charge in [0.05, 0.1) is 0 Å². The number of hydrogen-bond donors (Lipinski definition) is 1. The van der Waals surface area contributed by atoms with Crippen LogP contribution in [-0.2, 0) is 0 Å². The van der Waals surface area contributed by atoms with E-state index in [-0.39, 0.29) is 11.4 Å². The van der Waals surface area contributed by atoms with Gasteiger partial charge in [0.2, 0.25) is 0 Å². The second-order valence-electron chi connectivity index (χ2n) is 5.03. The first-order valence-electron chi connectivity index (χ1n) is 5.89. The van der Waals surface area contributed by atoms with Crippen molar-refractivity contribution in [1.82, 2.24) is 5.32 Å². The van der Waals surface area contributed by atoms with Crippen molar-refractivity contribution in [1.29, 1.82) is 0 Å². The van der Waals surface area contributed by atoms with Gasteiger partial charge in [-0.1, -0.05) is 46.3 Å². The second kappa shape index (κ2) is 5.11. The van der Waals surface area contributed by atoms with E-state index in [4.69, 9.17) is 0 Å². The van der Waals surface area contributed by atoms with E-state index in [1.54, 1.807) is 0 Å². The van der Waals surface area contributed by atoms with Crippen molar-refractivity contribution in [3.8, 4) is 0 Å². The minimum Gasteiger partial charge on any atom is -0.346 e. The van der Waals surface area contributed by atoms with E-state index in [1.807, 2.05) is 56.3 Å². The molecule has 1 amide bonds. The van der Waals surface area contributed by atoms with Crippen LogP contribution in [-0.4, -0.2) is 16.8 Å². The van der Waals surface area contributed by atoms with Crippen LogP contribution in [0.4, 0.5) is 0 Å². The third-order valence-electron chi connectivity index (χ3n) is 2.80. The molecule has 0 spiro atoms. The molecule has 94 valence electrons. The molecule has 0 saturated heterocycles. The molecular weight excluding hydrogens is 290 g/mol. The summed E-state index contributed by atoms with van der Waals surface area (Å²) in [7, 11) is 0. The van der Waals surface area contributed by atoms with E-state index in [0.29, 0.717) is 5.56 Å². The molecule has 2 aromatic rings. The second-order valence-corrected chi connectivity index (χ2v) is 5.59. The van der Waals surface area contributed by atoms with Crippen molar-refractivity contribution < 1.29 is 4.79 Å². The third kappa shape index (κ3) is 2.91. The Balaban J connectivity index is 2.28. The van der Waals surface area contributed by atoms with Gasteiger partial charge in [0.25, 0.3) is 5.91 Å². The summed E-state index contributed by atoms with van der Waals surface area (Å²) in [5, 5.41) is 5.95. The molecule has 18 heavy (non-hydrogen) atoms. The molecule has 3 heteroatoms. The average Bonchev–Trinajstić information content (AvgIpc) is 2.37. The van der Waals surface area contributed by atoms with Gasteiger partial charge >= 0.3 is 0 Å². The third-order valence-corrected chi connectivity index (χ3v) is 4.20. The number of hydrogen-bond acceptors (Lipinski definition) is 1.